The zero-order chi connectivity index (χ0) is 22.8. The van der Waals surface area contributed by atoms with E-state index >= 15 is 0 Å². The standard InChI is InChI=1S/C21H31N3O6/c1-5-12-23(21(29)24(30)18(25)11-6-8-14(2)3)20(28)22-15(4)16-9-7-10-17(13-16)19(26)27/h7,9-10,13-15,30H,5-6,8,11-12H2,1-4H3,(H,22,28)(H,26,27)/t15-/m0/s1. The lowest BCUT2D eigenvalue weighted by atomic mass is 10.1. The number of hydroxylamine groups is 2. The van der Waals surface area contributed by atoms with E-state index in [0.717, 1.165) is 11.3 Å². The molecule has 0 unspecified atom stereocenters. The number of nitrogens with one attached hydrogen (secondary N) is 1. The third-order valence-electron chi connectivity index (χ3n) is 4.49. The molecule has 3 N–H and O–H groups in total. The molecule has 166 valence electrons. The van der Waals surface area contributed by atoms with Crippen molar-refractivity contribution in [3.05, 3.63) is 35.4 Å². The number of carboxylic acid groups (broad SMARTS) is 1. The summed E-state index contributed by atoms with van der Waals surface area (Å²) in [6, 6.07) is 3.57. The van der Waals surface area contributed by atoms with Crippen LogP contribution in [0.15, 0.2) is 24.3 Å². The fourth-order valence-corrected chi connectivity index (χ4v) is 2.78. The van der Waals surface area contributed by atoms with E-state index in [1.807, 2.05) is 13.8 Å². The highest BCUT2D eigenvalue weighted by Crippen LogP contribution is 2.15. The molecule has 5 amide bonds. The summed E-state index contributed by atoms with van der Waals surface area (Å²) >= 11 is 0. The van der Waals surface area contributed by atoms with Gasteiger partial charge in [-0.25, -0.2) is 19.3 Å². The first-order valence-corrected chi connectivity index (χ1v) is 10.1. The average Bonchev–Trinajstić information content (AvgIpc) is 2.70. The maximum atomic E-state index is 12.6. The normalized spacial score (nSPS) is 11.7. The minimum atomic E-state index is -1.12. The summed E-state index contributed by atoms with van der Waals surface area (Å²) in [6.07, 6.45) is 1.73. The van der Waals surface area contributed by atoms with Crippen LogP contribution in [0.4, 0.5) is 9.59 Å². The lowest BCUT2D eigenvalue weighted by molar-refractivity contribution is -0.154. The Morgan fingerprint density at radius 2 is 1.80 bits per heavy atom. The number of imide groups is 2. The van der Waals surface area contributed by atoms with Crippen LogP contribution < -0.4 is 5.32 Å². The molecule has 0 aliphatic carbocycles. The molecule has 0 fully saturated rings. The molecule has 0 heterocycles. The summed E-state index contributed by atoms with van der Waals surface area (Å²) in [5.41, 5.74) is 0.612. The molecule has 0 aromatic heterocycles. The minimum absolute atomic E-state index is 0.000384. The highest BCUT2D eigenvalue weighted by atomic mass is 16.5. The van der Waals surface area contributed by atoms with E-state index in [0.29, 0.717) is 24.3 Å². The second-order valence-electron chi connectivity index (χ2n) is 7.53. The van der Waals surface area contributed by atoms with Crippen LogP contribution in [0.2, 0.25) is 0 Å². The summed E-state index contributed by atoms with van der Waals surface area (Å²) in [5, 5.41) is 21.7. The quantitative estimate of drug-likeness (QED) is 0.408. The molecule has 0 bridgehead atoms. The number of urea groups is 2. The molecule has 9 heteroatoms. The first kappa shape index (κ1) is 25.1. The number of benzene rings is 1. The number of aromatic carboxylic acids is 1. The van der Waals surface area contributed by atoms with Crippen molar-refractivity contribution in [3.8, 4) is 0 Å². The summed E-state index contributed by atoms with van der Waals surface area (Å²) in [7, 11) is 0. The van der Waals surface area contributed by atoms with Gasteiger partial charge in [-0.1, -0.05) is 39.3 Å². The predicted octanol–water partition coefficient (Wildman–Crippen LogP) is 4.03. The van der Waals surface area contributed by atoms with Crippen molar-refractivity contribution >= 4 is 23.9 Å². The van der Waals surface area contributed by atoms with E-state index in [-0.39, 0.29) is 23.6 Å². The Morgan fingerprint density at radius 3 is 2.37 bits per heavy atom. The molecule has 0 spiro atoms. The van der Waals surface area contributed by atoms with Gasteiger partial charge in [0.05, 0.1) is 11.6 Å². The smallest absolute Gasteiger partial charge is 0.359 e. The van der Waals surface area contributed by atoms with Crippen molar-refractivity contribution in [2.75, 3.05) is 6.54 Å². The van der Waals surface area contributed by atoms with Crippen LogP contribution in [-0.2, 0) is 4.79 Å². The number of hydrogen-bond acceptors (Lipinski definition) is 5. The molecule has 0 aliphatic heterocycles. The number of amides is 5. The lowest BCUT2D eigenvalue weighted by Crippen LogP contribution is -2.51. The first-order valence-electron chi connectivity index (χ1n) is 10.1. The van der Waals surface area contributed by atoms with Gasteiger partial charge in [-0.05, 0) is 43.4 Å². The van der Waals surface area contributed by atoms with Gasteiger partial charge in [-0.2, -0.15) is 0 Å². The fraction of sp³-hybridized carbons (Fsp3) is 0.524. The van der Waals surface area contributed by atoms with Crippen molar-refractivity contribution in [1.29, 1.82) is 0 Å². The fourth-order valence-electron chi connectivity index (χ4n) is 2.78. The van der Waals surface area contributed by atoms with Gasteiger partial charge in [-0.3, -0.25) is 10.0 Å². The lowest BCUT2D eigenvalue weighted by Gasteiger charge is -2.26. The van der Waals surface area contributed by atoms with Crippen LogP contribution in [0.25, 0.3) is 0 Å². The van der Waals surface area contributed by atoms with Gasteiger partial charge < -0.3 is 10.4 Å². The number of carbonyl (C=O) groups is 4. The molecule has 9 nitrogen and oxygen atoms in total. The highest BCUT2D eigenvalue weighted by Gasteiger charge is 2.30. The monoisotopic (exact) mass is 421 g/mol. The summed E-state index contributed by atoms with van der Waals surface area (Å²) in [6.45, 7) is 7.41. The molecule has 0 saturated carbocycles. The molecule has 1 aromatic rings. The first-order chi connectivity index (χ1) is 14.1. The van der Waals surface area contributed by atoms with Gasteiger partial charge in [-0.15, -0.1) is 5.06 Å². The Morgan fingerprint density at radius 1 is 1.13 bits per heavy atom. The maximum Gasteiger partial charge on any atom is 0.359 e. The van der Waals surface area contributed by atoms with Crippen molar-refractivity contribution in [3.63, 3.8) is 0 Å². The third kappa shape index (κ3) is 7.47. The zero-order valence-corrected chi connectivity index (χ0v) is 17.9. The van der Waals surface area contributed by atoms with Crippen molar-refractivity contribution in [2.24, 2.45) is 5.92 Å². The van der Waals surface area contributed by atoms with Crippen LogP contribution >= 0.6 is 0 Å². The Bertz CT molecular complexity index is 765. The van der Waals surface area contributed by atoms with Gasteiger partial charge in [0, 0.05) is 13.0 Å². The Hall–Kier alpha value is -2.94. The summed E-state index contributed by atoms with van der Waals surface area (Å²) < 4.78 is 0. The molecular formula is C21H31N3O6. The summed E-state index contributed by atoms with van der Waals surface area (Å²) in [4.78, 5) is 49.1. The Labute approximate surface area is 176 Å². The SMILES string of the molecule is CCCN(C(=O)N[C@@H](C)c1cccc(C(=O)O)c1)C(=O)N(O)C(=O)CCCC(C)C. The second-order valence-corrected chi connectivity index (χ2v) is 7.53. The molecule has 0 radical (unpaired) electrons. The van der Waals surface area contributed by atoms with Gasteiger partial charge >= 0.3 is 18.0 Å². The van der Waals surface area contributed by atoms with Crippen LogP contribution in [0, 0.1) is 5.92 Å². The van der Waals surface area contributed by atoms with E-state index in [2.05, 4.69) is 5.32 Å². The van der Waals surface area contributed by atoms with Crippen LogP contribution in [0.3, 0.4) is 0 Å². The number of hydrogen-bond donors (Lipinski definition) is 3. The van der Waals surface area contributed by atoms with Crippen LogP contribution in [0.5, 0.6) is 0 Å². The van der Waals surface area contributed by atoms with Crippen LogP contribution in [0.1, 0.15) is 75.3 Å². The topological polar surface area (TPSA) is 127 Å². The van der Waals surface area contributed by atoms with Crippen LogP contribution in [-0.4, -0.2) is 50.8 Å². The molecule has 0 aliphatic rings. The van der Waals surface area contributed by atoms with E-state index in [9.17, 15) is 24.4 Å². The third-order valence-corrected chi connectivity index (χ3v) is 4.49. The number of rotatable bonds is 9. The number of carboxylic acids is 1. The molecular weight excluding hydrogens is 390 g/mol. The van der Waals surface area contributed by atoms with E-state index in [4.69, 9.17) is 5.11 Å². The Balaban J connectivity index is 2.83. The van der Waals surface area contributed by atoms with Gasteiger partial charge in [0.1, 0.15) is 0 Å². The maximum absolute atomic E-state index is 12.6. The largest absolute Gasteiger partial charge is 0.478 e. The summed E-state index contributed by atoms with van der Waals surface area (Å²) in [5.74, 6) is -1.47. The molecule has 30 heavy (non-hydrogen) atoms. The predicted molar refractivity (Wildman–Crippen MR) is 110 cm³/mol. The zero-order valence-electron chi connectivity index (χ0n) is 17.9. The van der Waals surface area contributed by atoms with Crippen molar-refractivity contribution in [1.82, 2.24) is 15.3 Å². The molecule has 1 atom stereocenters. The number of carbonyl (C=O) groups excluding carboxylic acids is 3. The van der Waals surface area contributed by atoms with E-state index < -0.39 is 30.0 Å². The average molecular weight is 421 g/mol. The molecule has 1 aromatic carbocycles. The number of nitrogens with zero attached hydrogens (tertiary/aromatic N) is 2. The molecule has 0 saturated heterocycles. The minimum Gasteiger partial charge on any atom is -0.478 e. The van der Waals surface area contributed by atoms with Crippen molar-refractivity contribution < 1.29 is 29.5 Å². The van der Waals surface area contributed by atoms with E-state index in [1.165, 1.54) is 12.1 Å². The van der Waals surface area contributed by atoms with Gasteiger partial charge in [0.15, 0.2) is 0 Å². The second kappa shape index (κ2) is 11.9. The van der Waals surface area contributed by atoms with E-state index in [1.54, 1.807) is 26.0 Å². The van der Waals surface area contributed by atoms with Gasteiger partial charge in [0.25, 0.3) is 5.91 Å². The Kier molecular flexibility index (Phi) is 9.97. The van der Waals surface area contributed by atoms with Gasteiger partial charge in [0.2, 0.25) is 0 Å². The van der Waals surface area contributed by atoms with Crippen molar-refractivity contribution in [2.45, 2.75) is 59.4 Å². The highest BCUT2D eigenvalue weighted by molar-refractivity contribution is 6.00. The molecule has 1 rings (SSSR count).